The summed E-state index contributed by atoms with van der Waals surface area (Å²) in [5.74, 6) is 0. The third-order valence-corrected chi connectivity index (χ3v) is 1.91. The first kappa shape index (κ1) is 6.64. The molecule has 0 aliphatic rings. The Morgan fingerprint density at radius 1 is 1.33 bits per heavy atom. The number of benzene rings is 1. The second-order valence-electron chi connectivity index (χ2n) is 1.88. The highest BCUT2D eigenvalue weighted by molar-refractivity contribution is 14.1. The SMILES string of the molecule is [2H]c1c(Br)c([2H])c(C(F)(F)F)c([2H])c1I. The zero-order chi connectivity index (χ0) is 12.0. The Balaban J connectivity index is 3.68. The average Bonchev–Trinajstić information content (AvgIpc) is 2.09. The number of hydrogen-bond donors (Lipinski definition) is 0. The number of rotatable bonds is 0. The van der Waals surface area contributed by atoms with Crippen molar-refractivity contribution in [1.82, 2.24) is 0 Å². The van der Waals surface area contributed by atoms with E-state index in [1.165, 1.54) is 22.6 Å². The predicted molar refractivity (Wildman–Crippen MR) is 51.9 cm³/mol. The van der Waals surface area contributed by atoms with E-state index in [-0.39, 0.29) is 14.1 Å². The first-order chi connectivity index (χ1) is 6.68. The Hall–Kier alpha value is 0.220. The van der Waals surface area contributed by atoms with Crippen LogP contribution in [-0.2, 0) is 6.18 Å². The largest absolute Gasteiger partial charge is 0.416 e. The van der Waals surface area contributed by atoms with Gasteiger partial charge in [0, 0.05) is 8.04 Å². The molecular formula is C7H3BrF3I. The number of alkyl halides is 3. The van der Waals surface area contributed by atoms with Gasteiger partial charge in [-0.3, -0.25) is 0 Å². The molecule has 0 spiro atoms. The van der Waals surface area contributed by atoms with Gasteiger partial charge in [0.15, 0.2) is 0 Å². The molecule has 0 bridgehead atoms. The fourth-order valence-corrected chi connectivity index (χ4v) is 1.86. The van der Waals surface area contributed by atoms with Crippen LogP contribution in [0.1, 0.15) is 9.68 Å². The highest BCUT2D eigenvalue weighted by atomic mass is 127. The molecule has 0 unspecified atom stereocenters. The first-order valence-electron chi connectivity index (χ1n) is 4.19. The molecule has 0 amide bonds. The summed E-state index contributed by atoms with van der Waals surface area (Å²) < 4.78 is 58.9. The van der Waals surface area contributed by atoms with Gasteiger partial charge in [-0.15, -0.1) is 0 Å². The molecule has 0 aromatic heterocycles. The van der Waals surface area contributed by atoms with Gasteiger partial charge in [-0.1, -0.05) is 15.9 Å². The van der Waals surface area contributed by atoms with E-state index in [2.05, 4.69) is 15.9 Å². The van der Waals surface area contributed by atoms with E-state index in [4.69, 9.17) is 4.11 Å². The third-order valence-electron chi connectivity index (χ3n) is 0.972. The lowest BCUT2D eigenvalue weighted by Crippen LogP contribution is -2.04. The molecule has 0 aliphatic carbocycles. The summed E-state index contributed by atoms with van der Waals surface area (Å²) in [6, 6.07) is -1.95. The summed E-state index contributed by atoms with van der Waals surface area (Å²) >= 11 is 4.23. The lowest BCUT2D eigenvalue weighted by atomic mass is 10.2. The van der Waals surface area contributed by atoms with Crippen LogP contribution < -0.4 is 0 Å². The monoisotopic (exact) mass is 353 g/mol. The van der Waals surface area contributed by atoms with Crippen molar-refractivity contribution < 1.29 is 17.3 Å². The summed E-state index contributed by atoms with van der Waals surface area (Å²) in [7, 11) is 0. The van der Waals surface area contributed by atoms with Crippen LogP contribution in [0, 0.1) is 3.57 Å². The molecule has 0 fully saturated rings. The molecule has 5 heteroatoms. The minimum absolute atomic E-state index is 0.122. The highest BCUT2D eigenvalue weighted by Gasteiger charge is 2.30. The van der Waals surface area contributed by atoms with Crippen molar-refractivity contribution in [1.29, 1.82) is 0 Å². The van der Waals surface area contributed by atoms with Gasteiger partial charge < -0.3 is 0 Å². The van der Waals surface area contributed by atoms with Crippen LogP contribution in [0.15, 0.2) is 22.6 Å². The summed E-state index contributed by atoms with van der Waals surface area (Å²) in [4.78, 5) is 0. The van der Waals surface area contributed by atoms with Gasteiger partial charge in [0.1, 0.15) is 0 Å². The van der Waals surface area contributed by atoms with Crippen molar-refractivity contribution >= 4 is 38.5 Å². The molecule has 1 rings (SSSR count). The number of halogens is 5. The van der Waals surface area contributed by atoms with Gasteiger partial charge in [-0.05, 0) is 40.7 Å². The van der Waals surface area contributed by atoms with Crippen LogP contribution in [0.5, 0.6) is 0 Å². The van der Waals surface area contributed by atoms with Crippen molar-refractivity contribution in [2.45, 2.75) is 6.18 Å². The molecule has 0 heterocycles. The third kappa shape index (κ3) is 2.62. The lowest BCUT2D eigenvalue weighted by molar-refractivity contribution is -0.137. The maximum atomic E-state index is 12.5. The van der Waals surface area contributed by atoms with E-state index in [0.29, 0.717) is 0 Å². The van der Waals surface area contributed by atoms with Crippen molar-refractivity contribution in [2.24, 2.45) is 0 Å². The molecule has 0 atom stereocenters. The molecule has 12 heavy (non-hydrogen) atoms. The first-order valence-corrected chi connectivity index (χ1v) is 4.57. The molecule has 0 saturated carbocycles. The molecule has 0 nitrogen and oxygen atoms in total. The van der Waals surface area contributed by atoms with Crippen molar-refractivity contribution in [3.05, 3.63) is 31.7 Å². The van der Waals surface area contributed by atoms with E-state index >= 15 is 0 Å². The topological polar surface area (TPSA) is 0 Å². The van der Waals surface area contributed by atoms with Gasteiger partial charge in [-0.2, -0.15) is 13.2 Å². The highest BCUT2D eigenvalue weighted by Crippen LogP contribution is 2.32. The standard InChI is InChI=1S/C7H3BrF3I/c8-5-1-4(7(9,10)11)2-6(12)3-5/h1-3H/i1D,2D,3D. The van der Waals surface area contributed by atoms with Gasteiger partial charge in [0.2, 0.25) is 0 Å². The van der Waals surface area contributed by atoms with E-state index in [0.717, 1.165) is 0 Å². The van der Waals surface area contributed by atoms with Crippen LogP contribution in [0.2, 0.25) is 0 Å². The van der Waals surface area contributed by atoms with Crippen LogP contribution in [0.3, 0.4) is 0 Å². The Bertz CT molecular complexity index is 390. The van der Waals surface area contributed by atoms with E-state index in [1.54, 1.807) is 0 Å². The molecule has 0 N–H and O–H groups in total. The normalized spacial score (nSPS) is 15.2. The van der Waals surface area contributed by atoms with Gasteiger partial charge >= 0.3 is 6.18 Å². The van der Waals surface area contributed by atoms with Crippen molar-refractivity contribution in [3.8, 4) is 0 Å². The molecule has 66 valence electrons. The summed E-state index contributed by atoms with van der Waals surface area (Å²) in [6.07, 6.45) is -4.75. The zero-order valence-corrected chi connectivity index (χ0v) is 9.13. The second-order valence-corrected chi connectivity index (χ2v) is 3.75. The quantitative estimate of drug-likeness (QED) is 0.617. The summed E-state index contributed by atoms with van der Waals surface area (Å²) in [5, 5.41) is 0. The molecule has 0 saturated heterocycles. The number of hydrogen-bond acceptors (Lipinski definition) is 0. The minimum Gasteiger partial charge on any atom is -0.166 e. The molecular weight excluding hydrogens is 348 g/mol. The summed E-state index contributed by atoms with van der Waals surface area (Å²) in [5.41, 5.74) is -1.31. The van der Waals surface area contributed by atoms with Crippen LogP contribution >= 0.6 is 38.5 Å². The van der Waals surface area contributed by atoms with Gasteiger partial charge in [0.25, 0.3) is 0 Å². The Morgan fingerprint density at radius 2 is 1.92 bits per heavy atom. The fraction of sp³-hybridized carbons (Fsp3) is 0.143. The van der Waals surface area contributed by atoms with Crippen molar-refractivity contribution in [3.63, 3.8) is 0 Å². The van der Waals surface area contributed by atoms with E-state index < -0.39 is 23.8 Å². The van der Waals surface area contributed by atoms with Crippen LogP contribution in [0.25, 0.3) is 0 Å². The molecule has 0 aliphatic heterocycles. The molecule has 1 aromatic carbocycles. The molecule has 1 aromatic rings. The minimum atomic E-state index is -4.75. The fourth-order valence-electron chi connectivity index (χ4n) is 0.551. The molecule has 0 radical (unpaired) electrons. The van der Waals surface area contributed by atoms with Gasteiger partial charge in [-0.25, -0.2) is 0 Å². The summed E-state index contributed by atoms with van der Waals surface area (Å²) in [6.45, 7) is 0. The zero-order valence-electron chi connectivity index (χ0n) is 8.39. The Labute approximate surface area is 93.6 Å². The van der Waals surface area contributed by atoms with Crippen LogP contribution in [0.4, 0.5) is 13.2 Å². The van der Waals surface area contributed by atoms with Crippen LogP contribution in [-0.4, -0.2) is 0 Å². The average molecular weight is 354 g/mol. The van der Waals surface area contributed by atoms with Gasteiger partial charge in [0.05, 0.1) is 9.68 Å². The van der Waals surface area contributed by atoms with E-state index in [1.807, 2.05) is 0 Å². The maximum Gasteiger partial charge on any atom is 0.416 e. The Kier molecular flexibility index (Phi) is 1.95. The Morgan fingerprint density at radius 3 is 2.42 bits per heavy atom. The van der Waals surface area contributed by atoms with E-state index in [9.17, 15) is 13.2 Å². The predicted octanol–water partition coefficient (Wildman–Crippen LogP) is 4.07. The maximum absolute atomic E-state index is 12.5. The smallest absolute Gasteiger partial charge is 0.166 e. The van der Waals surface area contributed by atoms with Crippen molar-refractivity contribution in [2.75, 3.05) is 0 Å². The second kappa shape index (κ2) is 3.53. The lowest BCUT2D eigenvalue weighted by Gasteiger charge is -2.06.